The second-order valence-electron chi connectivity index (χ2n) is 9.95. The fraction of sp³-hybridized carbons (Fsp3) is 0.400. The highest BCUT2D eigenvalue weighted by atomic mass is 19.1. The van der Waals surface area contributed by atoms with E-state index in [0.29, 0.717) is 12.5 Å². The standard InChI is InChI=1S/C30H34F2N2O2/c1-35-26-12-7-23(28(18-26)36-2)19-33-27-17-20-13-15-34(16-14-20)30(27)29(21-3-8-24(31)9-4-21)22-5-10-25(32)11-6-22/h3-12,18,20,27,29-30,33H,13-17,19H2,1-2H3. The van der Waals surface area contributed by atoms with Crippen molar-refractivity contribution < 1.29 is 18.3 Å². The zero-order valence-corrected chi connectivity index (χ0v) is 20.9. The number of hydrogen-bond donors (Lipinski definition) is 1. The van der Waals surface area contributed by atoms with Crippen LogP contribution in [-0.2, 0) is 6.54 Å². The highest BCUT2D eigenvalue weighted by Gasteiger charge is 2.42. The molecule has 3 aromatic rings. The van der Waals surface area contributed by atoms with Crippen LogP contribution in [0.1, 0.15) is 41.9 Å². The Morgan fingerprint density at radius 1 is 0.861 bits per heavy atom. The molecule has 2 unspecified atom stereocenters. The first kappa shape index (κ1) is 24.7. The molecule has 3 fully saturated rings. The van der Waals surface area contributed by atoms with Crippen LogP contribution in [0, 0.1) is 17.6 Å². The third kappa shape index (κ3) is 5.25. The van der Waals surface area contributed by atoms with Crippen LogP contribution in [0.3, 0.4) is 0 Å². The molecule has 36 heavy (non-hydrogen) atoms. The maximum absolute atomic E-state index is 13.9. The average Bonchev–Trinajstić information content (AvgIpc) is 3.19. The Kier molecular flexibility index (Phi) is 7.54. The van der Waals surface area contributed by atoms with Crippen molar-refractivity contribution in [1.29, 1.82) is 0 Å². The monoisotopic (exact) mass is 492 g/mol. The van der Waals surface area contributed by atoms with E-state index in [-0.39, 0.29) is 29.6 Å². The molecule has 3 saturated heterocycles. The molecule has 4 nitrogen and oxygen atoms in total. The number of methoxy groups -OCH3 is 2. The lowest BCUT2D eigenvalue weighted by atomic mass is 9.80. The summed E-state index contributed by atoms with van der Waals surface area (Å²) in [4.78, 5) is 2.59. The Bertz CT molecular complexity index is 1100. The summed E-state index contributed by atoms with van der Waals surface area (Å²) >= 11 is 0. The smallest absolute Gasteiger partial charge is 0.127 e. The first-order valence-electron chi connectivity index (χ1n) is 12.7. The van der Waals surface area contributed by atoms with Crippen molar-refractivity contribution in [1.82, 2.24) is 10.2 Å². The van der Waals surface area contributed by atoms with Gasteiger partial charge in [0.15, 0.2) is 0 Å². The van der Waals surface area contributed by atoms with E-state index in [9.17, 15) is 8.78 Å². The Hall–Kier alpha value is -2.96. The minimum atomic E-state index is -0.250. The van der Waals surface area contributed by atoms with Gasteiger partial charge in [-0.25, -0.2) is 8.78 Å². The summed E-state index contributed by atoms with van der Waals surface area (Å²) in [6.07, 6.45) is 3.43. The van der Waals surface area contributed by atoms with Gasteiger partial charge >= 0.3 is 0 Å². The van der Waals surface area contributed by atoms with Gasteiger partial charge in [0.1, 0.15) is 23.1 Å². The lowest BCUT2D eigenvalue weighted by molar-refractivity contribution is 0.142. The van der Waals surface area contributed by atoms with Gasteiger partial charge < -0.3 is 14.8 Å². The van der Waals surface area contributed by atoms with Crippen molar-refractivity contribution in [3.8, 4) is 11.5 Å². The minimum Gasteiger partial charge on any atom is -0.497 e. The number of piperidine rings is 1. The second kappa shape index (κ2) is 11.0. The molecule has 2 atom stereocenters. The topological polar surface area (TPSA) is 33.7 Å². The summed E-state index contributed by atoms with van der Waals surface area (Å²) < 4.78 is 38.8. The molecule has 3 aliphatic rings. The normalized spacial score (nSPS) is 23.5. The third-order valence-electron chi connectivity index (χ3n) is 7.92. The molecule has 0 aliphatic carbocycles. The van der Waals surface area contributed by atoms with Gasteiger partial charge in [-0.2, -0.15) is 0 Å². The van der Waals surface area contributed by atoms with Gasteiger partial charge in [-0.1, -0.05) is 30.3 Å². The molecule has 3 aliphatic heterocycles. The molecule has 3 aromatic carbocycles. The molecule has 0 amide bonds. The van der Waals surface area contributed by atoms with Gasteiger partial charge in [-0.3, -0.25) is 4.90 Å². The Balaban J connectivity index is 1.51. The molecular weight excluding hydrogens is 458 g/mol. The number of halogens is 2. The summed E-state index contributed by atoms with van der Waals surface area (Å²) in [6, 6.07) is 19.9. The number of ether oxygens (including phenoxy) is 2. The van der Waals surface area contributed by atoms with Gasteiger partial charge in [0.25, 0.3) is 0 Å². The van der Waals surface area contributed by atoms with Crippen molar-refractivity contribution in [3.05, 3.63) is 95.1 Å². The first-order valence-corrected chi connectivity index (χ1v) is 12.7. The zero-order valence-electron chi connectivity index (χ0n) is 20.9. The molecule has 6 rings (SSSR count). The van der Waals surface area contributed by atoms with Crippen LogP contribution in [0.2, 0.25) is 0 Å². The lowest BCUT2D eigenvalue weighted by Gasteiger charge is -2.41. The Morgan fingerprint density at radius 2 is 1.47 bits per heavy atom. The van der Waals surface area contributed by atoms with Crippen LogP contribution in [0.25, 0.3) is 0 Å². The Morgan fingerprint density at radius 3 is 2.03 bits per heavy atom. The van der Waals surface area contributed by atoms with Crippen LogP contribution in [-0.4, -0.2) is 44.3 Å². The van der Waals surface area contributed by atoms with Crippen molar-refractivity contribution in [2.45, 2.75) is 43.8 Å². The molecule has 0 spiro atoms. The summed E-state index contributed by atoms with van der Waals surface area (Å²) in [5.74, 6) is 1.71. The van der Waals surface area contributed by atoms with E-state index in [1.807, 2.05) is 42.5 Å². The van der Waals surface area contributed by atoms with Crippen LogP contribution in [0.5, 0.6) is 11.5 Å². The van der Waals surface area contributed by atoms with Crippen molar-refractivity contribution in [3.63, 3.8) is 0 Å². The molecule has 3 heterocycles. The average molecular weight is 493 g/mol. The maximum Gasteiger partial charge on any atom is 0.127 e. The molecule has 0 aromatic heterocycles. The summed E-state index contributed by atoms with van der Waals surface area (Å²) in [7, 11) is 3.33. The SMILES string of the molecule is COc1ccc(CNC2CC3CCN(CC3)C2C(c2ccc(F)cc2)c2ccc(F)cc2)c(OC)c1. The van der Waals surface area contributed by atoms with E-state index in [4.69, 9.17) is 9.47 Å². The van der Waals surface area contributed by atoms with Crippen LogP contribution in [0.4, 0.5) is 8.78 Å². The van der Waals surface area contributed by atoms with Gasteiger partial charge in [-0.05, 0) is 79.7 Å². The fourth-order valence-electron chi connectivity index (χ4n) is 6.05. The molecular formula is C30H34F2N2O2. The van der Waals surface area contributed by atoms with E-state index in [1.54, 1.807) is 14.2 Å². The summed E-state index contributed by atoms with van der Waals surface area (Å²) in [5, 5.41) is 3.87. The molecule has 2 bridgehead atoms. The van der Waals surface area contributed by atoms with E-state index in [1.165, 1.54) is 37.1 Å². The van der Waals surface area contributed by atoms with Crippen LogP contribution >= 0.6 is 0 Å². The lowest BCUT2D eigenvalue weighted by Crippen LogP contribution is -2.52. The predicted molar refractivity (Wildman–Crippen MR) is 138 cm³/mol. The zero-order chi connectivity index (χ0) is 25.1. The van der Waals surface area contributed by atoms with E-state index in [0.717, 1.165) is 47.7 Å². The maximum atomic E-state index is 13.9. The van der Waals surface area contributed by atoms with E-state index >= 15 is 0 Å². The van der Waals surface area contributed by atoms with Crippen molar-refractivity contribution >= 4 is 0 Å². The second-order valence-corrected chi connectivity index (χ2v) is 9.95. The van der Waals surface area contributed by atoms with Gasteiger partial charge in [0, 0.05) is 36.2 Å². The fourth-order valence-corrected chi connectivity index (χ4v) is 6.05. The first-order chi connectivity index (χ1) is 17.6. The minimum absolute atomic E-state index is 0.0155. The van der Waals surface area contributed by atoms with Crippen LogP contribution in [0.15, 0.2) is 66.7 Å². The van der Waals surface area contributed by atoms with Crippen LogP contribution < -0.4 is 14.8 Å². The summed E-state index contributed by atoms with van der Waals surface area (Å²) in [6.45, 7) is 2.74. The number of hydrogen-bond acceptors (Lipinski definition) is 4. The predicted octanol–water partition coefficient (Wildman–Crippen LogP) is 5.76. The highest BCUT2D eigenvalue weighted by molar-refractivity contribution is 5.41. The molecule has 190 valence electrons. The van der Waals surface area contributed by atoms with Gasteiger partial charge in [-0.15, -0.1) is 0 Å². The van der Waals surface area contributed by atoms with Gasteiger partial charge in [0.05, 0.1) is 14.2 Å². The molecule has 0 radical (unpaired) electrons. The number of fused-ring (bicyclic) bond motifs is 4. The number of nitrogens with zero attached hydrogens (tertiary/aromatic N) is 1. The highest BCUT2D eigenvalue weighted by Crippen LogP contribution is 2.40. The largest absolute Gasteiger partial charge is 0.497 e. The number of rotatable bonds is 8. The Labute approximate surface area is 212 Å². The van der Waals surface area contributed by atoms with Gasteiger partial charge in [0.2, 0.25) is 0 Å². The number of nitrogens with one attached hydrogen (secondary N) is 1. The molecule has 1 N–H and O–H groups in total. The van der Waals surface area contributed by atoms with E-state index in [2.05, 4.69) is 10.2 Å². The van der Waals surface area contributed by atoms with Crippen molar-refractivity contribution in [2.75, 3.05) is 27.3 Å². The number of benzene rings is 3. The molecule has 6 heteroatoms. The summed E-state index contributed by atoms with van der Waals surface area (Å²) in [5.41, 5.74) is 3.17. The molecule has 0 saturated carbocycles. The quantitative estimate of drug-likeness (QED) is 0.434. The van der Waals surface area contributed by atoms with E-state index < -0.39 is 0 Å². The third-order valence-corrected chi connectivity index (χ3v) is 7.92. The van der Waals surface area contributed by atoms with Crippen molar-refractivity contribution in [2.24, 2.45) is 5.92 Å².